The van der Waals surface area contributed by atoms with Crippen LogP contribution >= 0.6 is 23.2 Å². The number of nitrogens with two attached hydrogens (primary N) is 1. The number of nitrogens with zero attached hydrogens (tertiary/aromatic N) is 3. The van der Waals surface area contributed by atoms with Crippen LogP contribution in [0.15, 0.2) is 23.3 Å². The molecule has 9 heteroatoms. The summed E-state index contributed by atoms with van der Waals surface area (Å²) in [6.07, 6.45) is 3.44. The third-order valence-electron chi connectivity index (χ3n) is 4.30. The highest BCUT2D eigenvalue weighted by Gasteiger charge is 2.30. The second-order valence-corrected chi connectivity index (χ2v) is 6.81. The molecule has 1 aromatic carbocycles. The van der Waals surface area contributed by atoms with Crippen molar-refractivity contribution < 1.29 is 9.59 Å². The van der Waals surface area contributed by atoms with Gasteiger partial charge in [-0.2, -0.15) is 0 Å². The van der Waals surface area contributed by atoms with Crippen molar-refractivity contribution in [3.8, 4) is 0 Å². The topological polar surface area (TPSA) is 98.3 Å². The van der Waals surface area contributed by atoms with Crippen LogP contribution in [0.3, 0.4) is 0 Å². The first-order valence-electron chi connectivity index (χ1n) is 7.81. The Morgan fingerprint density at radius 2 is 2.04 bits per heavy atom. The van der Waals surface area contributed by atoms with Crippen LogP contribution in [0, 0.1) is 0 Å². The Labute approximate surface area is 153 Å². The molecule has 0 spiro atoms. The van der Waals surface area contributed by atoms with Gasteiger partial charge in [0.25, 0.3) is 5.56 Å². The van der Waals surface area contributed by atoms with Crippen molar-refractivity contribution in [1.29, 1.82) is 0 Å². The smallest absolute Gasteiger partial charge is 0.261 e. The monoisotopic (exact) mass is 382 g/mol. The first kappa shape index (κ1) is 17.7. The number of amides is 2. The first-order valence-corrected chi connectivity index (χ1v) is 8.57. The summed E-state index contributed by atoms with van der Waals surface area (Å²) in [5.74, 6) is -0.879. The van der Waals surface area contributed by atoms with E-state index in [4.69, 9.17) is 28.9 Å². The molecule has 132 valence electrons. The van der Waals surface area contributed by atoms with Crippen molar-refractivity contribution in [2.75, 3.05) is 6.54 Å². The summed E-state index contributed by atoms with van der Waals surface area (Å²) in [6, 6.07) is 2.33. The molecule has 0 radical (unpaired) electrons. The molecule has 1 aliphatic rings. The highest BCUT2D eigenvalue weighted by atomic mass is 35.5. The molecule has 1 fully saturated rings. The van der Waals surface area contributed by atoms with Crippen molar-refractivity contribution in [2.45, 2.75) is 31.8 Å². The molecule has 3 rings (SSSR count). The number of fused-ring (bicyclic) bond motifs is 1. The van der Waals surface area contributed by atoms with E-state index in [2.05, 4.69) is 4.98 Å². The number of likely N-dealkylation sites (tertiary alicyclic amines) is 1. The van der Waals surface area contributed by atoms with Gasteiger partial charge in [0.15, 0.2) is 0 Å². The fourth-order valence-electron chi connectivity index (χ4n) is 3.07. The maximum Gasteiger partial charge on any atom is 0.261 e. The molecule has 0 bridgehead atoms. The van der Waals surface area contributed by atoms with E-state index in [-0.39, 0.29) is 22.9 Å². The summed E-state index contributed by atoms with van der Waals surface area (Å²) in [4.78, 5) is 42.3. The van der Waals surface area contributed by atoms with Crippen LogP contribution in [-0.2, 0) is 16.1 Å². The highest BCUT2D eigenvalue weighted by molar-refractivity contribution is 6.38. The summed E-state index contributed by atoms with van der Waals surface area (Å²) < 4.78 is 1.18. The Balaban J connectivity index is 1.92. The zero-order chi connectivity index (χ0) is 18.1. The van der Waals surface area contributed by atoms with E-state index in [0.29, 0.717) is 23.5 Å². The molecule has 2 amide bonds. The standard InChI is InChI=1S/C16H16Cl2N4O3/c17-9-5-10-14(11(18)6-9)20-8-21(16(10)25)7-13(23)22-4-2-1-3-12(22)15(19)24/h5-6,8,12H,1-4,7H2,(H2,19,24). The number of hydrogen-bond donors (Lipinski definition) is 1. The van der Waals surface area contributed by atoms with Crippen LogP contribution in [-0.4, -0.2) is 38.9 Å². The van der Waals surface area contributed by atoms with E-state index in [9.17, 15) is 14.4 Å². The summed E-state index contributed by atoms with van der Waals surface area (Å²) >= 11 is 12.0. The van der Waals surface area contributed by atoms with Crippen molar-refractivity contribution in [2.24, 2.45) is 5.73 Å². The normalized spacial score (nSPS) is 17.7. The van der Waals surface area contributed by atoms with Gasteiger partial charge >= 0.3 is 0 Å². The lowest BCUT2D eigenvalue weighted by atomic mass is 10.0. The van der Waals surface area contributed by atoms with E-state index >= 15 is 0 Å². The van der Waals surface area contributed by atoms with E-state index in [1.807, 2.05) is 0 Å². The number of aromatic nitrogens is 2. The Hall–Kier alpha value is -2.12. The number of benzene rings is 1. The lowest BCUT2D eigenvalue weighted by Gasteiger charge is -2.33. The van der Waals surface area contributed by atoms with Gasteiger partial charge in [-0.3, -0.25) is 19.0 Å². The number of carbonyl (C=O) groups excluding carboxylic acids is 2. The molecule has 1 atom stereocenters. The van der Waals surface area contributed by atoms with Crippen LogP contribution in [0.25, 0.3) is 10.9 Å². The maximum absolute atomic E-state index is 12.6. The zero-order valence-corrected chi connectivity index (χ0v) is 14.8. The highest BCUT2D eigenvalue weighted by Crippen LogP contribution is 2.24. The fourth-order valence-corrected chi connectivity index (χ4v) is 3.61. The minimum Gasteiger partial charge on any atom is -0.368 e. The van der Waals surface area contributed by atoms with Gasteiger partial charge in [0.05, 0.1) is 22.3 Å². The van der Waals surface area contributed by atoms with Gasteiger partial charge in [0, 0.05) is 11.6 Å². The Kier molecular flexibility index (Phi) is 4.96. The average Bonchev–Trinajstić information content (AvgIpc) is 2.57. The molecule has 2 heterocycles. The van der Waals surface area contributed by atoms with Gasteiger partial charge in [-0.05, 0) is 31.4 Å². The van der Waals surface area contributed by atoms with Gasteiger partial charge in [0.2, 0.25) is 11.8 Å². The maximum atomic E-state index is 12.6. The van der Waals surface area contributed by atoms with Crippen molar-refractivity contribution >= 4 is 45.9 Å². The van der Waals surface area contributed by atoms with Crippen molar-refractivity contribution in [3.63, 3.8) is 0 Å². The van der Waals surface area contributed by atoms with Crippen LogP contribution in [0.2, 0.25) is 10.0 Å². The molecule has 1 saturated heterocycles. The second kappa shape index (κ2) is 7.01. The van der Waals surface area contributed by atoms with Crippen molar-refractivity contribution in [3.05, 3.63) is 38.9 Å². The lowest BCUT2D eigenvalue weighted by molar-refractivity contribution is -0.141. The van der Waals surface area contributed by atoms with Crippen molar-refractivity contribution in [1.82, 2.24) is 14.5 Å². The fraction of sp³-hybridized carbons (Fsp3) is 0.375. The number of hydrogen-bond acceptors (Lipinski definition) is 4. The summed E-state index contributed by atoms with van der Waals surface area (Å²) in [7, 11) is 0. The van der Waals surface area contributed by atoms with Crippen LogP contribution < -0.4 is 11.3 Å². The quantitative estimate of drug-likeness (QED) is 0.870. The number of rotatable bonds is 3. The van der Waals surface area contributed by atoms with E-state index < -0.39 is 17.5 Å². The summed E-state index contributed by atoms with van der Waals surface area (Å²) in [5.41, 5.74) is 5.29. The van der Waals surface area contributed by atoms with E-state index in [1.54, 1.807) is 0 Å². The predicted octanol–water partition coefficient (Wildman–Crippen LogP) is 1.57. The first-order chi connectivity index (χ1) is 11.9. The van der Waals surface area contributed by atoms with Gasteiger partial charge in [-0.25, -0.2) is 4.98 Å². The number of piperidine rings is 1. The Morgan fingerprint density at radius 3 is 2.76 bits per heavy atom. The number of primary amides is 1. The number of carbonyl (C=O) groups is 2. The van der Waals surface area contributed by atoms with E-state index in [0.717, 1.165) is 12.8 Å². The molecule has 1 aromatic heterocycles. The Morgan fingerprint density at radius 1 is 1.28 bits per heavy atom. The van der Waals surface area contributed by atoms with Gasteiger partial charge < -0.3 is 10.6 Å². The SMILES string of the molecule is NC(=O)C1CCCCN1C(=O)Cn1cnc2c(Cl)cc(Cl)cc2c1=O. The van der Waals surface area contributed by atoms with Gasteiger partial charge in [-0.1, -0.05) is 23.2 Å². The molecule has 2 aromatic rings. The molecule has 0 saturated carbocycles. The predicted molar refractivity (Wildman–Crippen MR) is 94.6 cm³/mol. The largest absolute Gasteiger partial charge is 0.368 e. The molecule has 25 heavy (non-hydrogen) atoms. The summed E-state index contributed by atoms with van der Waals surface area (Å²) in [5, 5.41) is 0.811. The molecule has 1 aliphatic heterocycles. The lowest BCUT2D eigenvalue weighted by Crippen LogP contribution is -2.51. The third-order valence-corrected chi connectivity index (χ3v) is 4.81. The third kappa shape index (κ3) is 3.48. The minimum absolute atomic E-state index is 0.227. The van der Waals surface area contributed by atoms with Crippen LogP contribution in [0.5, 0.6) is 0 Å². The van der Waals surface area contributed by atoms with Crippen LogP contribution in [0.4, 0.5) is 0 Å². The molecule has 0 aliphatic carbocycles. The van der Waals surface area contributed by atoms with Gasteiger partial charge in [-0.15, -0.1) is 0 Å². The van der Waals surface area contributed by atoms with Crippen LogP contribution in [0.1, 0.15) is 19.3 Å². The summed E-state index contributed by atoms with van der Waals surface area (Å²) in [6.45, 7) is 0.218. The van der Waals surface area contributed by atoms with Gasteiger partial charge in [0.1, 0.15) is 12.6 Å². The van der Waals surface area contributed by atoms with E-state index in [1.165, 1.54) is 27.9 Å². The number of halogens is 2. The second-order valence-electron chi connectivity index (χ2n) is 5.96. The molecule has 7 nitrogen and oxygen atoms in total. The average molecular weight is 383 g/mol. The Bertz CT molecular complexity index is 912. The molecular formula is C16H16Cl2N4O3. The molecule has 2 N–H and O–H groups in total. The molecule has 1 unspecified atom stereocenters. The zero-order valence-electron chi connectivity index (χ0n) is 13.2. The minimum atomic E-state index is -0.630. The molecular weight excluding hydrogens is 367 g/mol.